The van der Waals surface area contributed by atoms with Crippen LogP contribution >= 0.6 is 11.6 Å². The summed E-state index contributed by atoms with van der Waals surface area (Å²) >= 11 is 6.07. The van der Waals surface area contributed by atoms with Crippen LogP contribution in [0.15, 0.2) is 30.7 Å². The van der Waals surface area contributed by atoms with Crippen molar-refractivity contribution in [3.8, 4) is 5.75 Å². The lowest BCUT2D eigenvalue weighted by atomic mass is 10.2. The summed E-state index contributed by atoms with van der Waals surface area (Å²) in [6.45, 7) is 3.26. The van der Waals surface area contributed by atoms with E-state index in [1.807, 2.05) is 18.2 Å². The number of morpholine rings is 1. The predicted octanol–water partition coefficient (Wildman–Crippen LogP) is 2.72. The van der Waals surface area contributed by atoms with E-state index in [9.17, 15) is 0 Å². The van der Waals surface area contributed by atoms with E-state index in [1.54, 1.807) is 13.3 Å². The minimum atomic E-state index is 0.460. The second kappa shape index (κ2) is 6.81. The Morgan fingerprint density at radius 1 is 1.32 bits per heavy atom. The lowest BCUT2D eigenvalue weighted by Crippen LogP contribution is -2.36. The normalized spacial score (nSPS) is 14.7. The van der Waals surface area contributed by atoms with Gasteiger partial charge in [-0.2, -0.15) is 0 Å². The van der Waals surface area contributed by atoms with Crippen LogP contribution < -0.4 is 15.0 Å². The molecule has 1 N–H and O–H groups in total. The number of nitrogens with one attached hydrogen (secondary N) is 1. The van der Waals surface area contributed by atoms with E-state index < -0.39 is 0 Å². The molecule has 0 saturated carbocycles. The topological polar surface area (TPSA) is 59.5 Å². The zero-order chi connectivity index (χ0) is 15.4. The van der Waals surface area contributed by atoms with Gasteiger partial charge in [0.05, 0.1) is 32.2 Å². The number of aromatic nitrogens is 2. The van der Waals surface area contributed by atoms with Crippen LogP contribution in [-0.2, 0) is 4.74 Å². The molecular formula is C15H17ClN4O2. The van der Waals surface area contributed by atoms with E-state index in [2.05, 4.69) is 20.2 Å². The number of nitrogens with zero attached hydrogens (tertiary/aromatic N) is 3. The van der Waals surface area contributed by atoms with Crippen molar-refractivity contribution in [2.45, 2.75) is 0 Å². The van der Waals surface area contributed by atoms with Crippen LogP contribution in [-0.4, -0.2) is 43.4 Å². The fourth-order valence-electron chi connectivity index (χ4n) is 2.33. The van der Waals surface area contributed by atoms with Crippen LogP contribution in [0.1, 0.15) is 0 Å². The fraction of sp³-hybridized carbons (Fsp3) is 0.333. The van der Waals surface area contributed by atoms with E-state index in [0.717, 1.165) is 43.4 Å². The highest BCUT2D eigenvalue weighted by Gasteiger charge is 2.14. The first-order chi connectivity index (χ1) is 10.8. The van der Waals surface area contributed by atoms with Gasteiger partial charge in [0.25, 0.3) is 0 Å². The van der Waals surface area contributed by atoms with Crippen molar-refractivity contribution in [1.82, 2.24) is 9.97 Å². The predicted molar refractivity (Wildman–Crippen MR) is 86.4 cm³/mol. The molecule has 0 radical (unpaired) electrons. The first-order valence-corrected chi connectivity index (χ1v) is 7.39. The molecule has 0 atom stereocenters. The first kappa shape index (κ1) is 14.9. The SMILES string of the molecule is COc1cc(N2CCOCC2)ccc1Nc1ncncc1Cl. The van der Waals surface area contributed by atoms with Crippen molar-refractivity contribution in [2.24, 2.45) is 0 Å². The Hall–Kier alpha value is -2.05. The fourth-order valence-corrected chi connectivity index (χ4v) is 2.49. The molecule has 0 amide bonds. The standard InChI is InChI=1S/C15H17ClN4O2/c1-21-14-8-11(20-4-6-22-7-5-20)2-3-13(14)19-15-12(16)9-17-10-18-15/h2-3,8-10H,4-7H2,1H3,(H,17,18,19). The summed E-state index contributed by atoms with van der Waals surface area (Å²) in [6.07, 6.45) is 2.99. The van der Waals surface area contributed by atoms with Crippen molar-refractivity contribution >= 4 is 28.8 Å². The van der Waals surface area contributed by atoms with Crippen molar-refractivity contribution in [1.29, 1.82) is 0 Å². The average molecular weight is 321 g/mol. The molecule has 0 spiro atoms. The van der Waals surface area contributed by atoms with Gasteiger partial charge >= 0.3 is 0 Å². The van der Waals surface area contributed by atoms with Crippen LogP contribution in [0.4, 0.5) is 17.2 Å². The third-order valence-corrected chi connectivity index (χ3v) is 3.76. The molecule has 3 rings (SSSR count). The Morgan fingerprint density at radius 3 is 2.86 bits per heavy atom. The van der Waals surface area contributed by atoms with E-state index in [1.165, 1.54) is 6.33 Å². The molecule has 1 saturated heterocycles. The lowest BCUT2D eigenvalue weighted by Gasteiger charge is -2.29. The van der Waals surface area contributed by atoms with Crippen LogP contribution in [0.25, 0.3) is 0 Å². The van der Waals surface area contributed by atoms with Gasteiger partial charge in [0.2, 0.25) is 0 Å². The van der Waals surface area contributed by atoms with Gasteiger partial charge in [-0.15, -0.1) is 0 Å². The van der Waals surface area contributed by atoms with Gasteiger partial charge in [-0.3, -0.25) is 0 Å². The van der Waals surface area contributed by atoms with Gasteiger partial charge in [-0.25, -0.2) is 9.97 Å². The monoisotopic (exact) mass is 320 g/mol. The van der Waals surface area contributed by atoms with Gasteiger partial charge in [-0.05, 0) is 12.1 Å². The largest absolute Gasteiger partial charge is 0.494 e. The molecule has 1 fully saturated rings. The summed E-state index contributed by atoms with van der Waals surface area (Å²) in [5.74, 6) is 1.28. The van der Waals surface area contributed by atoms with E-state index >= 15 is 0 Å². The number of halogens is 1. The van der Waals surface area contributed by atoms with Crippen LogP contribution in [0.3, 0.4) is 0 Å². The number of hydrogen-bond donors (Lipinski definition) is 1. The van der Waals surface area contributed by atoms with Crippen molar-refractivity contribution in [3.05, 3.63) is 35.7 Å². The minimum absolute atomic E-state index is 0.460. The molecule has 1 aliphatic heterocycles. The maximum absolute atomic E-state index is 6.07. The summed E-state index contributed by atoms with van der Waals surface area (Å²) < 4.78 is 10.9. The van der Waals surface area contributed by atoms with Gasteiger partial charge in [0, 0.05) is 24.8 Å². The molecule has 2 aromatic rings. The number of hydrogen-bond acceptors (Lipinski definition) is 6. The van der Waals surface area contributed by atoms with Crippen LogP contribution in [0.2, 0.25) is 5.02 Å². The van der Waals surface area contributed by atoms with E-state index in [0.29, 0.717) is 10.8 Å². The Labute approximate surface area is 134 Å². The second-order valence-corrected chi connectivity index (χ2v) is 5.24. The summed E-state index contributed by atoms with van der Waals surface area (Å²) in [4.78, 5) is 10.3. The maximum atomic E-state index is 6.07. The Balaban J connectivity index is 1.84. The molecule has 1 aromatic heterocycles. The third-order valence-electron chi connectivity index (χ3n) is 3.48. The van der Waals surface area contributed by atoms with Crippen LogP contribution in [0, 0.1) is 0 Å². The molecule has 7 heteroatoms. The number of ether oxygens (including phenoxy) is 2. The summed E-state index contributed by atoms with van der Waals surface area (Å²) in [5, 5.41) is 3.63. The molecule has 0 unspecified atom stereocenters. The highest BCUT2D eigenvalue weighted by atomic mass is 35.5. The summed E-state index contributed by atoms with van der Waals surface area (Å²) in [6, 6.07) is 6.01. The molecular weight excluding hydrogens is 304 g/mol. The molecule has 1 aromatic carbocycles. The Kier molecular flexibility index (Phi) is 4.60. The molecule has 1 aliphatic rings. The lowest BCUT2D eigenvalue weighted by molar-refractivity contribution is 0.122. The van der Waals surface area contributed by atoms with Gasteiger partial charge in [0.1, 0.15) is 17.1 Å². The van der Waals surface area contributed by atoms with E-state index in [-0.39, 0.29) is 0 Å². The average Bonchev–Trinajstić information content (AvgIpc) is 2.58. The van der Waals surface area contributed by atoms with Crippen molar-refractivity contribution in [3.63, 3.8) is 0 Å². The minimum Gasteiger partial charge on any atom is -0.494 e. The third kappa shape index (κ3) is 3.23. The molecule has 0 bridgehead atoms. The number of benzene rings is 1. The second-order valence-electron chi connectivity index (χ2n) is 4.83. The summed E-state index contributed by atoms with van der Waals surface area (Å²) in [5.41, 5.74) is 1.92. The number of rotatable bonds is 4. The highest BCUT2D eigenvalue weighted by molar-refractivity contribution is 6.32. The Bertz CT molecular complexity index is 647. The molecule has 22 heavy (non-hydrogen) atoms. The highest BCUT2D eigenvalue weighted by Crippen LogP contribution is 2.33. The number of methoxy groups -OCH3 is 1. The van der Waals surface area contributed by atoms with Gasteiger partial charge in [0.15, 0.2) is 5.82 Å². The summed E-state index contributed by atoms with van der Waals surface area (Å²) in [7, 11) is 1.64. The molecule has 6 nitrogen and oxygen atoms in total. The zero-order valence-corrected chi connectivity index (χ0v) is 13.0. The molecule has 0 aliphatic carbocycles. The van der Waals surface area contributed by atoms with Gasteiger partial charge in [-0.1, -0.05) is 11.6 Å². The molecule has 116 valence electrons. The maximum Gasteiger partial charge on any atom is 0.152 e. The first-order valence-electron chi connectivity index (χ1n) is 7.01. The quantitative estimate of drug-likeness (QED) is 0.934. The van der Waals surface area contributed by atoms with Gasteiger partial charge < -0.3 is 19.7 Å². The van der Waals surface area contributed by atoms with Crippen molar-refractivity contribution in [2.75, 3.05) is 43.6 Å². The van der Waals surface area contributed by atoms with Crippen molar-refractivity contribution < 1.29 is 9.47 Å². The molecule has 2 heterocycles. The number of anilines is 3. The zero-order valence-electron chi connectivity index (χ0n) is 12.3. The van der Waals surface area contributed by atoms with Crippen LogP contribution in [0.5, 0.6) is 5.75 Å². The smallest absolute Gasteiger partial charge is 0.152 e. The van der Waals surface area contributed by atoms with E-state index in [4.69, 9.17) is 21.1 Å². The Morgan fingerprint density at radius 2 is 2.14 bits per heavy atom.